The average molecular weight is 281 g/mol. The van der Waals surface area contributed by atoms with Gasteiger partial charge in [-0.25, -0.2) is 4.98 Å². The predicted octanol–water partition coefficient (Wildman–Crippen LogP) is 4.99. The minimum Gasteiger partial charge on any atom is -0.327 e. The van der Waals surface area contributed by atoms with E-state index in [1.54, 1.807) is 0 Å². The molecule has 0 atom stereocenters. The van der Waals surface area contributed by atoms with Crippen LogP contribution >= 0.6 is 0 Å². The fourth-order valence-electron chi connectivity index (χ4n) is 3.37. The Morgan fingerprint density at radius 3 is 2.67 bits per heavy atom. The van der Waals surface area contributed by atoms with E-state index in [-0.39, 0.29) is 0 Å². The Balaban J connectivity index is 2.01. The summed E-state index contributed by atoms with van der Waals surface area (Å²) in [6.07, 6.45) is 8.62. The number of nitrogens with zero attached hydrogens (tertiary/aromatic N) is 3. The molecule has 1 aromatic carbocycles. The van der Waals surface area contributed by atoms with Crippen molar-refractivity contribution in [1.29, 1.82) is 0 Å². The molecule has 1 heterocycles. The molecule has 0 radical (unpaired) electrons. The van der Waals surface area contributed by atoms with E-state index in [2.05, 4.69) is 53.3 Å². The number of aliphatic imine (C=N–C) groups is 1. The number of allylic oxidation sites excluding steroid dienone is 1. The molecule has 0 amide bonds. The van der Waals surface area contributed by atoms with Gasteiger partial charge in [-0.1, -0.05) is 30.9 Å². The fraction of sp³-hybridized carbons (Fsp3) is 0.444. The number of hydrogen-bond acceptors (Lipinski definition) is 2. The Bertz CT molecular complexity index is 684. The second-order valence-corrected chi connectivity index (χ2v) is 6.15. The Labute approximate surface area is 126 Å². The summed E-state index contributed by atoms with van der Waals surface area (Å²) >= 11 is 0. The van der Waals surface area contributed by atoms with Gasteiger partial charge in [-0.2, -0.15) is 0 Å². The van der Waals surface area contributed by atoms with Crippen LogP contribution in [0.4, 0.5) is 0 Å². The van der Waals surface area contributed by atoms with Gasteiger partial charge in [-0.3, -0.25) is 4.99 Å². The Morgan fingerprint density at radius 2 is 2.00 bits per heavy atom. The molecule has 0 saturated heterocycles. The molecular weight excluding hydrogens is 258 g/mol. The van der Waals surface area contributed by atoms with Crippen LogP contribution in [0.2, 0.25) is 0 Å². The first-order valence-corrected chi connectivity index (χ1v) is 7.82. The first-order valence-electron chi connectivity index (χ1n) is 7.82. The zero-order valence-corrected chi connectivity index (χ0v) is 13.0. The molecule has 3 heteroatoms. The van der Waals surface area contributed by atoms with Crippen molar-refractivity contribution in [3.8, 4) is 0 Å². The highest BCUT2D eigenvalue weighted by molar-refractivity contribution is 5.82. The van der Waals surface area contributed by atoms with Crippen LogP contribution in [0.25, 0.3) is 16.7 Å². The van der Waals surface area contributed by atoms with E-state index in [1.807, 2.05) is 6.33 Å². The van der Waals surface area contributed by atoms with Crippen molar-refractivity contribution >= 4 is 23.4 Å². The molecule has 3 rings (SSSR count). The van der Waals surface area contributed by atoms with Gasteiger partial charge in [-0.15, -0.1) is 0 Å². The van der Waals surface area contributed by atoms with Crippen molar-refractivity contribution in [2.75, 3.05) is 0 Å². The summed E-state index contributed by atoms with van der Waals surface area (Å²) in [5.41, 5.74) is 5.54. The number of fused-ring (bicyclic) bond motifs is 1. The smallest absolute Gasteiger partial charge is 0.0960 e. The summed E-state index contributed by atoms with van der Waals surface area (Å²) in [7, 11) is 0. The van der Waals surface area contributed by atoms with E-state index in [0.29, 0.717) is 6.04 Å². The van der Waals surface area contributed by atoms with Crippen LogP contribution in [-0.2, 0) is 0 Å². The molecule has 1 aliphatic rings. The molecule has 0 unspecified atom stereocenters. The van der Waals surface area contributed by atoms with Gasteiger partial charge >= 0.3 is 0 Å². The highest BCUT2D eigenvalue weighted by atomic mass is 15.1. The van der Waals surface area contributed by atoms with Gasteiger partial charge in [0.05, 0.1) is 23.1 Å². The number of aromatic nitrogens is 2. The van der Waals surface area contributed by atoms with E-state index in [0.717, 1.165) is 16.8 Å². The maximum absolute atomic E-state index is 4.61. The molecule has 1 fully saturated rings. The van der Waals surface area contributed by atoms with Gasteiger partial charge in [0.15, 0.2) is 0 Å². The molecule has 2 aromatic rings. The van der Waals surface area contributed by atoms with Crippen molar-refractivity contribution in [1.82, 2.24) is 9.55 Å². The van der Waals surface area contributed by atoms with E-state index < -0.39 is 0 Å². The van der Waals surface area contributed by atoms with Crippen LogP contribution in [0.15, 0.2) is 35.1 Å². The topological polar surface area (TPSA) is 30.2 Å². The summed E-state index contributed by atoms with van der Waals surface area (Å²) in [6.45, 7) is 7.81. The van der Waals surface area contributed by atoms with Crippen LogP contribution in [0.5, 0.6) is 0 Å². The maximum Gasteiger partial charge on any atom is 0.0960 e. The minimum atomic E-state index is 0.620. The molecule has 3 nitrogen and oxygen atoms in total. The van der Waals surface area contributed by atoms with E-state index in [4.69, 9.17) is 0 Å². The van der Waals surface area contributed by atoms with E-state index in [9.17, 15) is 0 Å². The molecule has 0 aliphatic heterocycles. The molecule has 1 aromatic heterocycles. The van der Waals surface area contributed by atoms with Gasteiger partial charge in [0, 0.05) is 11.6 Å². The monoisotopic (exact) mass is 281 g/mol. The molecule has 0 bridgehead atoms. The first kappa shape index (κ1) is 14.1. The molecule has 110 valence electrons. The van der Waals surface area contributed by atoms with Gasteiger partial charge < -0.3 is 4.57 Å². The third-order valence-corrected chi connectivity index (χ3v) is 4.45. The van der Waals surface area contributed by atoms with Crippen LogP contribution in [0.3, 0.4) is 0 Å². The maximum atomic E-state index is 4.61. The standard InChI is InChI=1S/C18H23N3/c1-13(2)18(19-3)14-9-10-17-16(11-14)20-12-21(17)15-7-5-4-6-8-15/h9-12,15H,3-8H2,1-2H3. The lowest BCUT2D eigenvalue weighted by molar-refractivity contribution is 0.359. The Kier molecular flexibility index (Phi) is 3.91. The minimum absolute atomic E-state index is 0.620. The van der Waals surface area contributed by atoms with Crippen molar-refractivity contribution in [2.24, 2.45) is 4.99 Å². The quantitative estimate of drug-likeness (QED) is 0.729. The Morgan fingerprint density at radius 1 is 1.24 bits per heavy atom. The third-order valence-electron chi connectivity index (χ3n) is 4.45. The molecule has 0 N–H and O–H groups in total. The summed E-state index contributed by atoms with van der Waals surface area (Å²) < 4.78 is 2.36. The summed E-state index contributed by atoms with van der Waals surface area (Å²) in [4.78, 5) is 8.77. The molecule has 1 saturated carbocycles. The Hall–Kier alpha value is -1.90. The van der Waals surface area contributed by atoms with E-state index >= 15 is 0 Å². The fourth-order valence-corrected chi connectivity index (χ4v) is 3.37. The molecule has 0 spiro atoms. The number of imidazole rings is 1. The zero-order chi connectivity index (χ0) is 14.8. The highest BCUT2D eigenvalue weighted by Gasteiger charge is 2.17. The summed E-state index contributed by atoms with van der Waals surface area (Å²) in [5.74, 6) is 0. The number of hydrogen-bond donors (Lipinski definition) is 0. The van der Waals surface area contributed by atoms with Crippen LogP contribution in [0.1, 0.15) is 57.6 Å². The highest BCUT2D eigenvalue weighted by Crippen LogP contribution is 2.31. The molecule has 21 heavy (non-hydrogen) atoms. The molecule has 1 aliphatic carbocycles. The van der Waals surface area contributed by atoms with Gasteiger partial charge in [-0.05, 0) is 45.5 Å². The van der Waals surface area contributed by atoms with Gasteiger partial charge in [0.25, 0.3) is 0 Å². The SMILES string of the molecule is C=NC(=C(C)C)c1ccc2c(c1)ncn2C1CCCCC1. The first-order chi connectivity index (χ1) is 10.2. The predicted molar refractivity (Wildman–Crippen MR) is 89.7 cm³/mol. The van der Waals surface area contributed by atoms with Crippen molar-refractivity contribution in [2.45, 2.75) is 52.0 Å². The van der Waals surface area contributed by atoms with Crippen LogP contribution in [-0.4, -0.2) is 16.3 Å². The normalized spacial score (nSPS) is 16.1. The number of benzene rings is 1. The van der Waals surface area contributed by atoms with Crippen molar-refractivity contribution in [3.63, 3.8) is 0 Å². The summed E-state index contributed by atoms with van der Waals surface area (Å²) in [5, 5.41) is 0. The van der Waals surface area contributed by atoms with Crippen molar-refractivity contribution in [3.05, 3.63) is 35.7 Å². The van der Waals surface area contributed by atoms with Gasteiger partial charge in [0.1, 0.15) is 0 Å². The van der Waals surface area contributed by atoms with Gasteiger partial charge in [0.2, 0.25) is 0 Å². The largest absolute Gasteiger partial charge is 0.327 e. The second-order valence-electron chi connectivity index (χ2n) is 6.15. The number of rotatable bonds is 3. The van der Waals surface area contributed by atoms with Crippen LogP contribution < -0.4 is 0 Å². The third kappa shape index (κ3) is 2.65. The molecular formula is C18H23N3. The lowest BCUT2D eigenvalue weighted by Gasteiger charge is -2.23. The van der Waals surface area contributed by atoms with Crippen LogP contribution in [0, 0.1) is 0 Å². The zero-order valence-electron chi connectivity index (χ0n) is 13.0. The second kappa shape index (κ2) is 5.84. The summed E-state index contributed by atoms with van der Waals surface area (Å²) in [6, 6.07) is 7.07. The average Bonchev–Trinajstić information content (AvgIpc) is 2.91. The lowest BCUT2D eigenvalue weighted by Crippen LogP contribution is -2.11. The van der Waals surface area contributed by atoms with E-state index in [1.165, 1.54) is 43.2 Å². The lowest BCUT2D eigenvalue weighted by atomic mass is 9.95. The van der Waals surface area contributed by atoms with Crippen molar-refractivity contribution < 1.29 is 0 Å².